The van der Waals surface area contributed by atoms with Crippen LogP contribution in [0.15, 0.2) is 0 Å². The van der Waals surface area contributed by atoms with Gasteiger partial charge in [0.25, 0.3) is 0 Å². The fourth-order valence-corrected chi connectivity index (χ4v) is 1.80. The fourth-order valence-electron chi connectivity index (χ4n) is 1.51. The number of carboxylic acids is 1. The van der Waals surface area contributed by atoms with Crippen molar-refractivity contribution in [1.29, 1.82) is 0 Å². The Morgan fingerprint density at radius 1 is 1.20 bits per heavy atom. The maximum atomic E-state index is 11.9. The first-order valence-corrected chi connectivity index (χ1v) is 7.32. The average molecular weight is 304 g/mol. The Hall–Kier alpha value is -1.08. The number of hydrogen-bond acceptors (Lipinski definition) is 5. The summed E-state index contributed by atoms with van der Waals surface area (Å²) in [7, 11) is 0. The van der Waals surface area contributed by atoms with E-state index in [-0.39, 0.29) is 30.3 Å². The summed E-state index contributed by atoms with van der Waals surface area (Å²) in [4.78, 5) is 34.0. The highest BCUT2D eigenvalue weighted by atomic mass is 32.1. The molecular formula is C13H24N2O4S. The molecule has 0 radical (unpaired) electrons. The van der Waals surface area contributed by atoms with Crippen molar-refractivity contribution >= 4 is 30.3 Å². The van der Waals surface area contributed by atoms with Crippen LogP contribution in [0.25, 0.3) is 0 Å². The van der Waals surface area contributed by atoms with Gasteiger partial charge in [-0.3, -0.25) is 14.4 Å². The van der Waals surface area contributed by atoms with Gasteiger partial charge < -0.3 is 16.2 Å². The van der Waals surface area contributed by atoms with E-state index in [4.69, 9.17) is 10.8 Å². The highest BCUT2D eigenvalue weighted by Gasteiger charge is 2.20. The number of nitrogens with one attached hydrogen (secondary N) is 1. The van der Waals surface area contributed by atoms with Crippen LogP contribution < -0.4 is 11.1 Å². The minimum absolute atomic E-state index is 0.0186. The van der Waals surface area contributed by atoms with Crippen LogP contribution in [0.2, 0.25) is 0 Å². The zero-order chi connectivity index (χ0) is 15.7. The average Bonchev–Trinajstić information content (AvgIpc) is 2.38. The third-order valence-electron chi connectivity index (χ3n) is 2.87. The molecule has 2 unspecified atom stereocenters. The first-order chi connectivity index (χ1) is 9.27. The van der Waals surface area contributed by atoms with Gasteiger partial charge >= 0.3 is 5.97 Å². The van der Waals surface area contributed by atoms with Crippen molar-refractivity contribution < 1.29 is 19.5 Å². The number of carboxylic acid groups (broad SMARTS) is 1. The third-order valence-corrected chi connectivity index (χ3v) is 3.24. The monoisotopic (exact) mass is 304 g/mol. The van der Waals surface area contributed by atoms with Crippen LogP contribution in [-0.2, 0) is 14.4 Å². The molecule has 0 aliphatic rings. The highest BCUT2D eigenvalue weighted by molar-refractivity contribution is 7.80. The summed E-state index contributed by atoms with van der Waals surface area (Å²) in [6.45, 7) is 4.05. The quantitative estimate of drug-likeness (QED) is 0.442. The maximum Gasteiger partial charge on any atom is 0.320 e. The standard InChI is InChI=1S/C13H24N2O4S/c1-8(2)3-5-11(16)10(7-20)15-12(17)6-4-9(14)13(18)19/h8-10,20H,3-7,14H2,1-2H3,(H,15,17)(H,18,19). The van der Waals surface area contributed by atoms with Gasteiger partial charge in [-0.1, -0.05) is 13.8 Å². The number of hydrogen-bond donors (Lipinski definition) is 4. The Kier molecular flexibility index (Phi) is 9.24. The molecule has 20 heavy (non-hydrogen) atoms. The number of ketones is 1. The number of thiol groups is 1. The normalized spacial score (nSPS) is 13.8. The van der Waals surface area contributed by atoms with E-state index in [1.807, 2.05) is 13.8 Å². The lowest BCUT2D eigenvalue weighted by Gasteiger charge is -2.16. The van der Waals surface area contributed by atoms with Crippen molar-refractivity contribution in [3.8, 4) is 0 Å². The molecule has 6 nitrogen and oxygen atoms in total. The molecule has 4 N–H and O–H groups in total. The molecule has 0 aromatic rings. The Balaban J connectivity index is 4.18. The summed E-state index contributed by atoms with van der Waals surface area (Å²) in [5.74, 6) is -0.920. The summed E-state index contributed by atoms with van der Waals surface area (Å²) < 4.78 is 0. The van der Waals surface area contributed by atoms with Gasteiger partial charge in [0, 0.05) is 18.6 Å². The van der Waals surface area contributed by atoms with Crippen molar-refractivity contribution in [3.63, 3.8) is 0 Å². The predicted molar refractivity (Wildman–Crippen MR) is 79.7 cm³/mol. The van der Waals surface area contributed by atoms with Gasteiger partial charge in [0.15, 0.2) is 5.78 Å². The van der Waals surface area contributed by atoms with Gasteiger partial charge in [0.2, 0.25) is 5.91 Å². The van der Waals surface area contributed by atoms with Crippen molar-refractivity contribution in [3.05, 3.63) is 0 Å². The van der Waals surface area contributed by atoms with Crippen molar-refractivity contribution in [1.82, 2.24) is 5.32 Å². The SMILES string of the molecule is CC(C)CCC(=O)C(CS)NC(=O)CCC(N)C(=O)O. The maximum absolute atomic E-state index is 11.9. The van der Waals surface area contributed by atoms with Crippen LogP contribution in [0.5, 0.6) is 0 Å². The molecule has 0 aliphatic heterocycles. The van der Waals surface area contributed by atoms with Gasteiger partial charge in [-0.25, -0.2) is 0 Å². The molecule has 0 rings (SSSR count). The van der Waals surface area contributed by atoms with Crippen LogP contribution in [0.4, 0.5) is 0 Å². The Bertz CT molecular complexity index is 347. The fraction of sp³-hybridized carbons (Fsp3) is 0.769. The van der Waals surface area contributed by atoms with Gasteiger partial charge in [-0.15, -0.1) is 0 Å². The number of Topliss-reactive ketones (excluding diaryl/α,β-unsaturated/α-hetero) is 1. The molecule has 0 aromatic carbocycles. The van der Waals surface area contributed by atoms with Crippen LogP contribution in [0.1, 0.15) is 39.5 Å². The van der Waals surface area contributed by atoms with Crippen molar-refractivity contribution in [2.24, 2.45) is 11.7 Å². The number of rotatable bonds is 10. The van der Waals surface area contributed by atoms with Gasteiger partial charge in [0.05, 0.1) is 6.04 Å². The van der Waals surface area contributed by atoms with E-state index in [0.717, 1.165) is 6.42 Å². The van der Waals surface area contributed by atoms with E-state index < -0.39 is 18.1 Å². The van der Waals surface area contributed by atoms with Gasteiger partial charge in [-0.2, -0.15) is 12.6 Å². The molecule has 0 saturated heterocycles. The molecule has 0 spiro atoms. The number of carbonyl (C=O) groups excluding carboxylic acids is 2. The lowest BCUT2D eigenvalue weighted by atomic mass is 10.0. The molecule has 0 aliphatic carbocycles. The van der Waals surface area contributed by atoms with Crippen LogP contribution in [-0.4, -0.2) is 40.6 Å². The smallest absolute Gasteiger partial charge is 0.320 e. The molecule has 1 amide bonds. The Morgan fingerprint density at radius 2 is 1.80 bits per heavy atom. The van der Waals surface area contributed by atoms with Gasteiger partial charge in [-0.05, 0) is 18.8 Å². The topological polar surface area (TPSA) is 109 Å². The summed E-state index contributed by atoms with van der Waals surface area (Å²) in [6.07, 6.45) is 1.19. The van der Waals surface area contributed by atoms with E-state index in [0.29, 0.717) is 12.3 Å². The van der Waals surface area contributed by atoms with E-state index in [1.165, 1.54) is 0 Å². The number of amides is 1. The summed E-state index contributed by atoms with van der Waals surface area (Å²) >= 11 is 4.06. The number of aliphatic carboxylic acids is 1. The van der Waals surface area contributed by atoms with Crippen molar-refractivity contribution in [2.45, 2.75) is 51.6 Å². The number of carbonyl (C=O) groups is 3. The van der Waals surface area contributed by atoms with Gasteiger partial charge in [0.1, 0.15) is 6.04 Å². The minimum Gasteiger partial charge on any atom is -0.480 e. The highest BCUT2D eigenvalue weighted by Crippen LogP contribution is 2.07. The molecule has 0 heterocycles. The third kappa shape index (κ3) is 8.16. The molecule has 116 valence electrons. The second-order valence-electron chi connectivity index (χ2n) is 5.18. The van der Waals surface area contributed by atoms with Crippen molar-refractivity contribution in [2.75, 3.05) is 5.75 Å². The number of nitrogens with two attached hydrogens (primary N) is 1. The minimum atomic E-state index is -1.14. The second kappa shape index (κ2) is 9.77. The van der Waals surface area contributed by atoms with Crippen LogP contribution in [0.3, 0.4) is 0 Å². The predicted octanol–water partition coefficient (Wildman–Crippen LogP) is 0.598. The molecule has 0 saturated carbocycles. The Labute approximate surface area is 124 Å². The Morgan fingerprint density at radius 3 is 2.25 bits per heavy atom. The van der Waals surface area contributed by atoms with Crippen LogP contribution in [0, 0.1) is 5.92 Å². The van der Waals surface area contributed by atoms with E-state index >= 15 is 0 Å². The van der Waals surface area contributed by atoms with E-state index in [9.17, 15) is 14.4 Å². The zero-order valence-electron chi connectivity index (χ0n) is 12.0. The molecular weight excluding hydrogens is 280 g/mol. The molecule has 0 fully saturated rings. The van der Waals surface area contributed by atoms with E-state index in [1.54, 1.807) is 0 Å². The lowest BCUT2D eigenvalue weighted by molar-refractivity contribution is -0.138. The van der Waals surface area contributed by atoms with E-state index in [2.05, 4.69) is 17.9 Å². The first-order valence-electron chi connectivity index (χ1n) is 6.69. The largest absolute Gasteiger partial charge is 0.480 e. The molecule has 2 atom stereocenters. The summed E-state index contributed by atoms with van der Waals surface area (Å²) in [6, 6.07) is -1.68. The first kappa shape index (κ1) is 18.9. The summed E-state index contributed by atoms with van der Waals surface area (Å²) in [5.41, 5.74) is 5.31. The molecule has 7 heteroatoms. The molecule has 0 bridgehead atoms. The van der Waals surface area contributed by atoms with Crippen LogP contribution >= 0.6 is 12.6 Å². The molecule has 0 aromatic heterocycles. The second-order valence-corrected chi connectivity index (χ2v) is 5.55. The summed E-state index contributed by atoms with van der Waals surface area (Å²) in [5, 5.41) is 11.2. The zero-order valence-corrected chi connectivity index (χ0v) is 12.9. The lowest BCUT2D eigenvalue weighted by Crippen LogP contribution is -2.43.